The molecule has 0 aliphatic carbocycles. The van der Waals surface area contributed by atoms with Gasteiger partial charge in [0.1, 0.15) is 6.61 Å². The van der Waals surface area contributed by atoms with Gasteiger partial charge in [-0.25, -0.2) is 9.59 Å². The maximum absolute atomic E-state index is 12.6. The third kappa shape index (κ3) is 10.2. The van der Waals surface area contributed by atoms with Gasteiger partial charge in [-0.2, -0.15) is 0 Å². The van der Waals surface area contributed by atoms with Crippen molar-refractivity contribution >= 4 is 11.9 Å². The maximum atomic E-state index is 12.6. The van der Waals surface area contributed by atoms with E-state index in [4.69, 9.17) is 9.47 Å². The highest BCUT2D eigenvalue weighted by Gasteiger charge is 2.19. The zero-order chi connectivity index (χ0) is 23.7. The highest BCUT2D eigenvalue weighted by molar-refractivity contribution is 6.03. The van der Waals surface area contributed by atoms with Gasteiger partial charge in [-0.1, -0.05) is 108 Å². The van der Waals surface area contributed by atoms with Crippen LogP contribution in [-0.4, -0.2) is 18.5 Å². The first-order valence-electron chi connectivity index (χ1n) is 12.6. The Balaban J connectivity index is 1.66. The molecule has 0 spiro atoms. The molecule has 0 aliphatic heterocycles. The van der Waals surface area contributed by atoms with E-state index in [1.54, 1.807) is 24.3 Å². The predicted octanol–water partition coefficient (Wildman–Crippen LogP) is 7.82. The van der Waals surface area contributed by atoms with Gasteiger partial charge in [0.15, 0.2) is 0 Å². The Kier molecular flexibility index (Phi) is 13.0. The summed E-state index contributed by atoms with van der Waals surface area (Å²) in [5, 5.41) is 0. The molecule has 0 amide bonds. The van der Waals surface area contributed by atoms with Gasteiger partial charge in [0.05, 0.1) is 17.7 Å². The minimum absolute atomic E-state index is 0.174. The average Bonchev–Trinajstić information content (AvgIpc) is 2.84. The van der Waals surface area contributed by atoms with Crippen molar-refractivity contribution in [2.45, 2.75) is 91.1 Å². The van der Waals surface area contributed by atoms with Crippen LogP contribution in [0.3, 0.4) is 0 Å². The number of carbonyl (C=O) groups is 2. The van der Waals surface area contributed by atoms with Crippen LogP contribution in [0.25, 0.3) is 0 Å². The van der Waals surface area contributed by atoms with Gasteiger partial charge in [0, 0.05) is 0 Å². The van der Waals surface area contributed by atoms with Crippen LogP contribution in [0.15, 0.2) is 48.5 Å². The topological polar surface area (TPSA) is 52.6 Å². The molecule has 0 fully saturated rings. The van der Waals surface area contributed by atoms with E-state index in [1.165, 1.54) is 57.8 Å². The molecule has 0 N–H and O–H groups in total. The van der Waals surface area contributed by atoms with E-state index in [1.807, 2.05) is 31.2 Å². The van der Waals surface area contributed by atoms with Gasteiger partial charge in [-0.05, 0) is 36.6 Å². The van der Waals surface area contributed by atoms with Gasteiger partial charge in [0.2, 0.25) is 0 Å². The molecule has 0 saturated carbocycles. The summed E-state index contributed by atoms with van der Waals surface area (Å²) in [5.74, 6) is -0.981. The van der Waals surface area contributed by atoms with Gasteiger partial charge in [-0.3, -0.25) is 0 Å². The fraction of sp³-hybridized carbons (Fsp3) is 0.517. The quantitative estimate of drug-likeness (QED) is 0.192. The lowest BCUT2D eigenvalue weighted by Gasteiger charge is -2.11. The molecule has 33 heavy (non-hydrogen) atoms. The normalized spacial score (nSPS) is 10.7. The molecule has 0 radical (unpaired) electrons. The van der Waals surface area contributed by atoms with Crippen molar-refractivity contribution in [2.75, 3.05) is 6.61 Å². The predicted molar refractivity (Wildman–Crippen MR) is 133 cm³/mol. The molecule has 0 saturated heterocycles. The van der Waals surface area contributed by atoms with Gasteiger partial charge < -0.3 is 9.47 Å². The Morgan fingerprint density at radius 1 is 0.636 bits per heavy atom. The smallest absolute Gasteiger partial charge is 0.339 e. The molecule has 2 aromatic carbocycles. The molecule has 4 nitrogen and oxygen atoms in total. The van der Waals surface area contributed by atoms with Crippen molar-refractivity contribution in [1.82, 2.24) is 0 Å². The van der Waals surface area contributed by atoms with Crippen molar-refractivity contribution in [3.8, 4) is 0 Å². The molecule has 0 aliphatic rings. The van der Waals surface area contributed by atoms with Crippen LogP contribution in [-0.2, 0) is 16.1 Å². The number of hydrogen-bond acceptors (Lipinski definition) is 4. The van der Waals surface area contributed by atoms with E-state index < -0.39 is 11.9 Å². The highest BCUT2D eigenvalue weighted by atomic mass is 16.5. The Labute approximate surface area is 199 Å². The second kappa shape index (κ2) is 16.1. The summed E-state index contributed by atoms with van der Waals surface area (Å²) in [5.41, 5.74) is 2.51. The minimum atomic E-state index is -0.513. The molecule has 0 heterocycles. The van der Waals surface area contributed by atoms with E-state index in [0.717, 1.165) is 24.0 Å². The number of rotatable bonds is 16. The molecule has 0 unspecified atom stereocenters. The number of ether oxygens (including phenoxy) is 2. The molecule has 2 aromatic rings. The molecule has 2 rings (SSSR count). The summed E-state index contributed by atoms with van der Waals surface area (Å²) in [7, 11) is 0. The van der Waals surface area contributed by atoms with E-state index in [-0.39, 0.29) is 17.7 Å². The SMILES string of the molecule is CCCCCCCCCCCCCOC(=O)c1ccccc1C(=O)OCc1ccccc1C. The number of aryl methyl sites for hydroxylation is 1. The van der Waals surface area contributed by atoms with Crippen LogP contribution in [0.2, 0.25) is 0 Å². The summed E-state index contributed by atoms with van der Waals surface area (Å²) < 4.78 is 10.9. The first-order chi connectivity index (χ1) is 16.1. The summed E-state index contributed by atoms with van der Waals surface area (Å²) in [4.78, 5) is 25.1. The van der Waals surface area contributed by atoms with Crippen LogP contribution >= 0.6 is 0 Å². The van der Waals surface area contributed by atoms with Crippen LogP contribution in [0, 0.1) is 6.92 Å². The van der Waals surface area contributed by atoms with Crippen LogP contribution in [0.5, 0.6) is 0 Å². The Morgan fingerprint density at radius 3 is 1.70 bits per heavy atom. The van der Waals surface area contributed by atoms with E-state index in [2.05, 4.69) is 6.92 Å². The third-order valence-electron chi connectivity index (χ3n) is 5.97. The van der Waals surface area contributed by atoms with Crippen LogP contribution in [0.1, 0.15) is 109 Å². The minimum Gasteiger partial charge on any atom is -0.462 e. The number of unbranched alkanes of at least 4 members (excludes halogenated alkanes) is 10. The van der Waals surface area contributed by atoms with Gasteiger partial charge >= 0.3 is 11.9 Å². The first-order valence-corrected chi connectivity index (χ1v) is 12.6. The summed E-state index contributed by atoms with van der Waals surface area (Å²) in [6, 6.07) is 14.4. The van der Waals surface area contributed by atoms with Gasteiger partial charge in [-0.15, -0.1) is 0 Å². The molecule has 0 bridgehead atoms. The maximum Gasteiger partial charge on any atom is 0.339 e. The lowest BCUT2D eigenvalue weighted by molar-refractivity contribution is 0.0436. The molecule has 180 valence electrons. The number of hydrogen-bond donors (Lipinski definition) is 0. The summed E-state index contributed by atoms with van der Waals surface area (Å²) >= 11 is 0. The van der Waals surface area contributed by atoms with Crippen LogP contribution in [0.4, 0.5) is 0 Å². The third-order valence-corrected chi connectivity index (χ3v) is 5.97. The Hall–Kier alpha value is -2.62. The van der Waals surface area contributed by atoms with Crippen molar-refractivity contribution in [3.63, 3.8) is 0 Å². The largest absolute Gasteiger partial charge is 0.462 e. The standard InChI is InChI=1S/C29H40O4/c1-3-4-5-6-7-8-9-10-11-12-17-22-32-28(30)26-20-15-16-21-27(26)29(31)33-23-25-19-14-13-18-24(25)2/h13-16,18-21H,3-12,17,22-23H2,1-2H3. The van der Waals surface area contributed by atoms with Crippen molar-refractivity contribution in [1.29, 1.82) is 0 Å². The van der Waals surface area contributed by atoms with E-state index >= 15 is 0 Å². The first kappa shape index (κ1) is 26.6. The molecular weight excluding hydrogens is 412 g/mol. The van der Waals surface area contributed by atoms with E-state index in [0.29, 0.717) is 6.61 Å². The fourth-order valence-electron chi connectivity index (χ4n) is 3.84. The summed E-state index contributed by atoms with van der Waals surface area (Å²) in [6.45, 7) is 4.77. The van der Waals surface area contributed by atoms with Gasteiger partial charge in [0.25, 0.3) is 0 Å². The molecular formula is C29H40O4. The lowest BCUT2D eigenvalue weighted by Crippen LogP contribution is -2.14. The second-order valence-corrected chi connectivity index (χ2v) is 8.72. The fourth-order valence-corrected chi connectivity index (χ4v) is 3.84. The molecule has 0 atom stereocenters. The Bertz CT molecular complexity index is 843. The average molecular weight is 453 g/mol. The second-order valence-electron chi connectivity index (χ2n) is 8.72. The zero-order valence-electron chi connectivity index (χ0n) is 20.4. The Morgan fingerprint density at radius 2 is 1.12 bits per heavy atom. The monoisotopic (exact) mass is 452 g/mol. The summed E-state index contributed by atoms with van der Waals surface area (Å²) in [6.07, 6.45) is 13.7. The van der Waals surface area contributed by atoms with E-state index in [9.17, 15) is 9.59 Å². The molecule has 0 aromatic heterocycles. The number of carbonyl (C=O) groups excluding carboxylic acids is 2. The van der Waals surface area contributed by atoms with Crippen LogP contribution < -0.4 is 0 Å². The zero-order valence-corrected chi connectivity index (χ0v) is 20.4. The lowest BCUT2D eigenvalue weighted by atomic mass is 10.1. The highest BCUT2D eigenvalue weighted by Crippen LogP contribution is 2.16. The van der Waals surface area contributed by atoms with Crippen molar-refractivity contribution in [3.05, 3.63) is 70.8 Å². The van der Waals surface area contributed by atoms with Crippen molar-refractivity contribution in [2.24, 2.45) is 0 Å². The number of esters is 2. The number of benzene rings is 2. The molecule has 4 heteroatoms. The van der Waals surface area contributed by atoms with Crippen molar-refractivity contribution < 1.29 is 19.1 Å².